The molecule has 0 atom stereocenters. The fourth-order valence-electron chi connectivity index (χ4n) is 1.84. The molecule has 2 aromatic rings. The molecule has 0 aromatic carbocycles. The Morgan fingerprint density at radius 3 is 2.68 bits per heavy atom. The molecule has 0 saturated carbocycles. The predicted octanol–water partition coefficient (Wildman–Crippen LogP) is 1.77. The number of nitrogens with one attached hydrogen (secondary N) is 2. The van der Waals surface area contributed by atoms with Gasteiger partial charge in [0.2, 0.25) is 5.89 Å². The minimum Gasteiger partial charge on any atom is -0.373 e. The molecule has 7 nitrogen and oxygen atoms in total. The summed E-state index contributed by atoms with van der Waals surface area (Å²) in [6.45, 7) is 4.37. The van der Waals surface area contributed by atoms with E-state index in [-0.39, 0.29) is 0 Å². The largest absolute Gasteiger partial charge is 0.373 e. The van der Waals surface area contributed by atoms with E-state index in [1.54, 1.807) is 6.92 Å². The first-order valence-electron chi connectivity index (χ1n) is 6.29. The molecule has 0 aliphatic rings. The topological polar surface area (TPSA) is 88.8 Å². The van der Waals surface area contributed by atoms with Crippen LogP contribution in [0.15, 0.2) is 10.9 Å². The molecule has 102 valence electrons. The zero-order chi connectivity index (χ0) is 13.7. The molecule has 0 aliphatic heterocycles. The predicted molar refractivity (Wildman–Crippen MR) is 71.9 cm³/mol. The zero-order valence-corrected chi connectivity index (χ0v) is 11.4. The Hall–Kier alpha value is -2.18. The van der Waals surface area contributed by atoms with Crippen LogP contribution in [0.2, 0.25) is 0 Å². The molecular formula is C12H18N6O. The van der Waals surface area contributed by atoms with Gasteiger partial charge in [-0.05, 0) is 6.42 Å². The zero-order valence-electron chi connectivity index (χ0n) is 11.4. The van der Waals surface area contributed by atoms with E-state index >= 15 is 0 Å². The minimum absolute atomic E-state index is 0.480. The first-order valence-corrected chi connectivity index (χ1v) is 6.29. The molecule has 7 heteroatoms. The van der Waals surface area contributed by atoms with Crippen LogP contribution in [-0.4, -0.2) is 27.2 Å². The van der Waals surface area contributed by atoms with E-state index in [0.29, 0.717) is 18.3 Å². The Balaban J connectivity index is 2.14. The second-order valence-electron chi connectivity index (χ2n) is 4.13. The Morgan fingerprint density at radius 2 is 2.05 bits per heavy atom. The maximum absolute atomic E-state index is 4.93. The van der Waals surface area contributed by atoms with E-state index in [2.05, 4.69) is 37.7 Å². The van der Waals surface area contributed by atoms with E-state index in [1.807, 2.05) is 7.05 Å². The second kappa shape index (κ2) is 6.12. The summed E-state index contributed by atoms with van der Waals surface area (Å²) in [6, 6.07) is 0. The van der Waals surface area contributed by atoms with Crippen molar-refractivity contribution in [3.63, 3.8) is 0 Å². The van der Waals surface area contributed by atoms with Gasteiger partial charge >= 0.3 is 0 Å². The summed E-state index contributed by atoms with van der Waals surface area (Å²) in [7, 11) is 1.85. The van der Waals surface area contributed by atoms with Crippen LogP contribution in [0.4, 0.5) is 11.6 Å². The van der Waals surface area contributed by atoms with Gasteiger partial charge in [-0.3, -0.25) is 0 Å². The van der Waals surface area contributed by atoms with E-state index in [1.165, 1.54) is 6.33 Å². The number of anilines is 2. The summed E-state index contributed by atoms with van der Waals surface area (Å²) in [6.07, 6.45) is 3.47. The number of hydrogen-bond acceptors (Lipinski definition) is 7. The highest BCUT2D eigenvalue weighted by Crippen LogP contribution is 2.21. The normalized spacial score (nSPS) is 10.5. The molecule has 0 fully saturated rings. The number of rotatable bonds is 6. The van der Waals surface area contributed by atoms with Gasteiger partial charge in [0, 0.05) is 19.5 Å². The van der Waals surface area contributed by atoms with Crippen LogP contribution < -0.4 is 10.6 Å². The average molecular weight is 262 g/mol. The van der Waals surface area contributed by atoms with Crippen molar-refractivity contribution in [2.24, 2.45) is 0 Å². The van der Waals surface area contributed by atoms with Crippen LogP contribution >= 0.6 is 0 Å². The lowest BCUT2D eigenvalue weighted by atomic mass is 10.1. The number of aryl methyl sites for hydroxylation is 1. The van der Waals surface area contributed by atoms with Gasteiger partial charge in [-0.1, -0.05) is 18.5 Å². The van der Waals surface area contributed by atoms with Gasteiger partial charge in [0.15, 0.2) is 5.82 Å². The lowest BCUT2D eigenvalue weighted by molar-refractivity contribution is 0.388. The minimum atomic E-state index is 0.480. The van der Waals surface area contributed by atoms with Crippen LogP contribution in [0.5, 0.6) is 0 Å². The van der Waals surface area contributed by atoms with Crippen molar-refractivity contribution in [1.82, 2.24) is 20.1 Å². The maximum Gasteiger partial charge on any atom is 0.223 e. The van der Waals surface area contributed by atoms with Crippen molar-refractivity contribution in [1.29, 1.82) is 0 Å². The quantitative estimate of drug-likeness (QED) is 0.820. The van der Waals surface area contributed by atoms with Gasteiger partial charge in [-0.2, -0.15) is 4.98 Å². The summed E-state index contributed by atoms with van der Waals surface area (Å²) >= 11 is 0. The monoisotopic (exact) mass is 262 g/mol. The molecule has 0 spiro atoms. The van der Waals surface area contributed by atoms with Crippen LogP contribution in [0.1, 0.15) is 30.6 Å². The van der Waals surface area contributed by atoms with Crippen molar-refractivity contribution in [2.45, 2.75) is 33.2 Å². The third-order valence-electron chi connectivity index (χ3n) is 2.67. The molecule has 0 bridgehead atoms. The van der Waals surface area contributed by atoms with Crippen molar-refractivity contribution < 1.29 is 4.52 Å². The summed E-state index contributed by atoms with van der Waals surface area (Å²) in [4.78, 5) is 12.6. The first kappa shape index (κ1) is 13.3. The highest BCUT2D eigenvalue weighted by Gasteiger charge is 2.10. The van der Waals surface area contributed by atoms with Crippen molar-refractivity contribution >= 4 is 11.6 Å². The second-order valence-corrected chi connectivity index (χ2v) is 4.13. The third kappa shape index (κ3) is 3.18. The van der Waals surface area contributed by atoms with Crippen molar-refractivity contribution in [2.75, 3.05) is 17.7 Å². The molecule has 0 saturated heterocycles. The Morgan fingerprint density at radius 1 is 1.26 bits per heavy atom. The van der Waals surface area contributed by atoms with Gasteiger partial charge < -0.3 is 15.2 Å². The molecule has 2 aromatic heterocycles. The highest BCUT2D eigenvalue weighted by atomic mass is 16.5. The molecule has 0 amide bonds. The molecule has 0 radical (unpaired) electrons. The molecule has 0 unspecified atom stereocenters. The summed E-state index contributed by atoms with van der Waals surface area (Å²) in [5, 5.41) is 10.1. The van der Waals surface area contributed by atoms with E-state index < -0.39 is 0 Å². The number of aromatic nitrogens is 4. The molecule has 0 aliphatic carbocycles. The van der Waals surface area contributed by atoms with Gasteiger partial charge in [0.1, 0.15) is 18.0 Å². The smallest absolute Gasteiger partial charge is 0.223 e. The van der Waals surface area contributed by atoms with Crippen molar-refractivity contribution in [3.8, 4) is 0 Å². The van der Waals surface area contributed by atoms with Gasteiger partial charge in [0.25, 0.3) is 0 Å². The van der Waals surface area contributed by atoms with Crippen molar-refractivity contribution in [3.05, 3.63) is 23.6 Å². The van der Waals surface area contributed by atoms with Crippen LogP contribution in [0.3, 0.4) is 0 Å². The lowest BCUT2D eigenvalue weighted by Crippen LogP contribution is -2.09. The standard InChI is InChI=1S/C12H18N6O/c1-4-5-9-11(13-3)15-7-16-12(9)14-6-10-17-8(2)19-18-10/h7H,4-6H2,1-3H3,(H2,13,14,15,16). The van der Waals surface area contributed by atoms with E-state index in [0.717, 1.165) is 30.0 Å². The molecule has 2 rings (SSSR count). The summed E-state index contributed by atoms with van der Waals surface area (Å²) in [5.74, 6) is 2.83. The molecule has 2 N–H and O–H groups in total. The Bertz CT molecular complexity index is 539. The number of nitrogens with zero attached hydrogens (tertiary/aromatic N) is 4. The van der Waals surface area contributed by atoms with Gasteiger partial charge in [-0.15, -0.1) is 0 Å². The Labute approximate surface area is 111 Å². The molecular weight excluding hydrogens is 244 g/mol. The van der Waals surface area contributed by atoms with Crippen LogP contribution in [0, 0.1) is 6.92 Å². The summed E-state index contributed by atoms with van der Waals surface area (Å²) in [5.41, 5.74) is 1.08. The lowest BCUT2D eigenvalue weighted by Gasteiger charge is -2.12. The molecule has 2 heterocycles. The SMILES string of the molecule is CCCc1c(NC)ncnc1NCc1noc(C)n1. The number of hydrogen-bond donors (Lipinski definition) is 2. The molecule has 19 heavy (non-hydrogen) atoms. The first-order chi connectivity index (χ1) is 9.24. The highest BCUT2D eigenvalue weighted by molar-refractivity contribution is 5.57. The van der Waals surface area contributed by atoms with E-state index in [9.17, 15) is 0 Å². The fourth-order valence-corrected chi connectivity index (χ4v) is 1.84. The maximum atomic E-state index is 4.93. The average Bonchev–Trinajstić information content (AvgIpc) is 2.83. The Kier molecular flexibility index (Phi) is 4.27. The van der Waals surface area contributed by atoms with Gasteiger partial charge in [0.05, 0.1) is 6.54 Å². The third-order valence-corrected chi connectivity index (χ3v) is 2.67. The van der Waals surface area contributed by atoms with Crippen LogP contribution in [-0.2, 0) is 13.0 Å². The van der Waals surface area contributed by atoms with Gasteiger partial charge in [-0.25, -0.2) is 9.97 Å². The van der Waals surface area contributed by atoms with Crippen LogP contribution in [0.25, 0.3) is 0 Å². The van der Waals surface area contributed by atoms with E-state index in [4.69, 9.17) is 4.52 Å². The fraction of sp³-hybridized carbons (Fsp3) is 0.500. The summed E-state index contributed by atoms with van der Waals surface area (Å²) < 4.78 is 4.93.